The molecule has 0 fully saturated rings. The van der Waals surface area contributed by atoms with Crippen LogP contribution >= 0.6 is 0 Å². The predicted octanol–water partition coefficient (Wildman–Crippen LogP) is 3.57. The van der Waals surface area contributed by atoms with Crippen molar-refractivity contribution in [3.63, 3.8) is 0 Å². The average molecular weight is 385 g/mol. The summed E-state index contributed by atoms with van der Waals surface area (Å²) in [5.41, 5.74) is 3.57. The highest BCUT2D eigenvalue weighted by Crippen LogP contribution is 2.43. The molecule has 0 heterocycles. The Bertz CT molecular complexity index is 855. The first kappa shape index (κ1) is 20.2. The molecule has 6 heteroatoms. The van der Waals surface area contributed by atoms with Crippen LogP contribution in [0, 0.1) is 11.7 Å². The summed E-state index contributed by atoms with van der Waals surface area (Å²) in [7, 11) is 1.31. The summed E-state index contributed by atoms with van der Waals surface area (Å²) in [5.74, 6) is -1.39. The Morgan fingerprint density at radius 1 is 1.25 bits per heavy atom. The van der Waals surface area contributed by atoms with Crippen LogP contribution in [0.5, 0.6) is 0 Å². The molecule has 148 valence electrons. The second-order valence-electron chi connectivity index (χ2n) is 7.15. The third kappa shape index (κ3) is 3.98. The monoisotopic (exact) mass is 385 g/mol. The molecule has 0 saturated heterocycles. The van der Waals surface area contributed by atoms with Crippen molar-refractivity contribution in [2.75, 3.05) is 13.7 Å². The summed E-state index contributed by atoms with van der Waals surface area (Å²) >= 11 is 0. The lowest BCUT2D eigenvalue weighted by molar-refractivity contribution is -0.149. The summed E-state index contributed by atoms with van der Waals surface area (Å²) < 4.78 is 19.0. The Balaban J connectivity index is 1.77. The summed E-state index contributed by atoms with van der Waals surface area (Å²) in [6.45, 7) is 2.51. The molecule has 0 aromatic heterocycles. The largest absolute Gasteiger partial charge is 0.468 e. The molecule has 1 aliphatic rings. The maximum Gasteiger partial charge on any atom is 0.316 e. The van der Waals surface area contributed by atoms with Gasteiger partial charge < -0.3 is 4.74 Å². The van der Waals surface area contributed by atoms with E-state index < -0.39 is 17.2 Å². The van der Waals surface area contributed by atoms with E-state index in [0.29, 0.717) is 30.7 Å². The average Bonchev–Trinajstić information content (AvgIpc) is 2.71. The van der Waals surface area contributed by atoms with Crippen LogP contribution in [0.1, 0.15) is 41.3 Å². The fourth-order valence-electron chi connectivity index (χ4n) is 3.89. The lowest BCUT2D eigenvalue weighted by Gasteiger charge is -2.38. The van der Waals surface area contributed by atoms with Crippen molar-refractivity contribution in [3.8, 4) is 0 Å². The Morgan fingerprint density at radius 2 is 2.00 bits per heavy atom. The van der Waals surface area contributed by atoms with Gasteiger partial charge in [-0.05, 0) is 42.2 Å². The highest BCUT2D eigenvalue weighted by Gasteiger charge is 2.49. The minimum Gasteiger partial charge on any atom is -0.468 e. The number of halogens is 1. The van der Waals surface area contributed by atoms with Gasteiger partial charge in [-0.1, -0.05) is 37.3 Å². The van der Waals surface area contributed by atoms with Crippen molar-refractivity contribution in [1.29, 1.82) is 0 Å². The van der Waals surface area contributed by atoms with Crippen molar-refractivity contribution in [1.82, 2.24) is 5.48 Å². The maximum atomic E-state index is 14.0. The first-order valence-corrected chi connectivity index (χ1v) is 9.29. The number of esters is 1. The Kier molecular flexibility index (Phi) is 6.21. The third-order valence-electron chi connectivity index (χ3n) is 5.28. The fraction of sp³-hybridized carbons (Fsp3) is 0.364. The summed E-state index contributed by atoms with van der Waals surface area (Å²) in [6, 6.07) is 13.7. The van der Waals surface area contributed by atoms with E-state index in [4.69, 9.17) is 9.57 Å². The van der Waals surface area contributed by atoms with E-state index in [1.807, 2.05) is 30.3 Å². The number of carbonyl (C=O) groups is 2. The molecule has 2 atom stereocenters. The quantitative estimate of drug-likeness (QED) is 0.448. The third-order valence-corrected chi connectivity index (χ3v) is 5.28. The number of hydrogen-bond donors (Lipinski definition) is 1. The number of carbonyl (C=O) groups excluding carboxylic acids is 2. The first-order chi connectivity index (χ1) is 13.5. The molecule has 2 aromatic rings. The van der Waals surface area contributed by atoms with Crippen molar-refractivity contribution < 1.29 is 23.6 Å². The zero-order valence-corrected chi connectivity index (χ0v) is 16.0. The van der Waals surface area contributed by atoms with Gasteiger partial charge in [-0.2, -0.15) is 0 Å². The van der Waals surface area contributed by atoms with E-state index in [1.54, 1.807) is 6.92 Å². The number of benzene rings is 2. The maximum absolute atomic E-state index is 14.0. The highest BCUT2D eigenvalue weighted by atomic mass is 19.1. The molecule has 0 aliphatic heterocycles. The van der Waals surface area contributed by atoms with Gasteiger partial charge in [0.2, 0.25) is 0 Å². The minimum atomic E-state index is -1.09. The fourth-order valence-corrected chi connectivity index (χ4v) is 3.89. The van der Waals surface area contributed by atoms with Crippen molar-refractivity contribution in [2.24, 2.45) is 5.92 Å². The van der Waals surface area contributed by atoms with Crippen molar-refractivity contribution in [3.05, 3.63) is 71.0 Å². The van der Waals surface area contributed by atoms with Crippen LogP contribution in [0.4, 0.5) is 4.39 Å². The van der Waals surface area contributed by atoms with Crippen LogP contribution in [0.25, 0.3) is 0 Å². The minimum absolute atomic E-state index is 0.0807. The Hall–Kier alpha value is -2.57. The van der Waals surface area contributed by atoms with Gasteiger partial charge in [-0.15, -0.1) is 0 Å². The number of rotatable bonds is 7. The number of nitrogens with one attached hydrogen (secondary N) is 1. The highest BCUT2D eigenvalue weighted by molar-refractivity contribution is 6.03. The molecule has 0 bridgehead atoms. The van der Waals surface area contributed by atoms with Gasteiger partial charge >= 0.3 is 5.97 Å². The molecule has 3 rings (SSSR count). The smallest absolute Gasteiger partial charge is 0.316 e. The number of methoxy groups -OCH3 is 1. The van der Waals surface area contributed by atoms with E-state index in [0.717, 1.165) is 5.56 Å². The molecule has 0 spiro atoms. The molecule has 5 nitrogen and oxygen atoms in total. The van der Waals surface area contributed by atoms with Gasteiger partial charge in [-0.25, -0.2) is 9.87 Å². The van der Waals surface area contributed by atoms with Crippen LogP contribution in [0.15, 0.2) is 48.5 Å². The summed E-state index contributed by atoms with van der Waals surface area (Å²) in [4.78, 5) is 30.8. The van der Waals surface area contributed by atoms with Crippen molar-refractivity contribution >= 4 is 11.8 Å². The van der Waals surface area contributed by atoms with Gasteiger partial charge in [0.25, 0.3) is 0 Å². The molecule has 28 heavy (non-hydrogen) atoms. The van der Waals surface area contributed by atoms with Crippen LogP contribution < -0.4 is 5.48 Å². The SMILES string of the molecule is COC(=O)[C@@]1(CCNOCc2ccccc2)C[C@@H](C)C(=O)c2ccc(F)cc21. The molecule has 0 radical (unpaired) electrons. The molecule has 0 unspecified atom stereocenters. The lowest BCUT2D eigenvalue weighted by atomic mass is 9.64. The predicted molar refractivity (Wildman–Crippen MR) is 102 cm³/mol. The topological polar surface area (TPSA) is 64.6 Å². The zero-order chi connectivity index (χ0) is 20.1. The molecular formula is C22H24FNO4. The van der Waals surface area contributed by atoms with Crippen molar-refractivity contribution in [2.45, 2.75) is 31.8 Å². The second-order valence-corrected chi connectivity index (χ2v) is 7.15. The summed E-state index contributed by atoms with van der Waals surface area (Å²) in [5, 5.41) is 0. The number of fused-ring (bicyclic) bond motifs is 1. The van der Waals surface area contributed by atoms with Gasteiger partial charge in [-0.3, -0.25) is 14.4 Å². The Labute approximate surface area is 163 Å². The van der Waals surface area contributed by atoms with Gasteiger partial charge in [0, 0.05) is 18.0 Å². The number of hydrogen-bond acceptors (Lipinski definition) is 5. The van der Waals surface area contributed by atoms with Crippen LogP contribution in [-0.4, -0.2) is 25.4 Å². The second kappa shape index (κ2) is 8.63. The molecular weight excluding hydrogens is 361 g/mol. The van der Waals surface area contributed by atoms with E-state index >= 15 is 0 Å². The van der Waals surface area contributed by atoms with Crippen LogP contribution in [-0.2, 0) is 26.4 Å². The van der Waals surface area contributed by atoms with Crippen LogP contribution in [0.3, 0.4) is 0 Å². The van der Waals surface area contributed by atoms with E-state index in [1.165, 1.54) is 25.3 Å². The van der Waals surface area contributed by atoms with E-state index in [2.05, 4.69) is 5.48 Å². The number of ether oxygens (including phenoxy) is 1. The standard InChI is InChI=1S/C22H24FNO4/c1-15-13-22(21(26)27-2,19-12-17(23)8-9-18(19)20(15)25)10-11-24-28-14-16-6-4-3-5-7-16/h3-9,12,15,24H,10-11,13-14H2,1-2H3/t15-,22+/m1/s1. The molecule has 2 aromatic carbocycles. The first-order valence-electron chi connectivity index (χ1n) is 9.29. The number of Topliss-reactive ketones (excluding diaryl/α,β-unsaturated/α-hetero) is 1. The molecule has 0 amide bonds. The molecule has 0 saturated carbocycles. The van der Waals surface area contributed by atoms with Gasteiger partial charge in [0.1, 0.15) is 5.82 Å². The number of ketones is 1. The summed E-state index contributed by atoms with van der Waals surface area (Å²) in [6.07, 6.45) is 0.595. The van der Waals surface area contributed by atoms with E-state index in [9.17, 15) is 14.0 Å². The Morgan fingerprint density at radius 3 is 2.71 bits per heavy atom. The van der Waals surface area contributed by atoms with E-state index in [-0.39, 0.29) is 18.1 Å². The molecule has 1 aliphatic carbocycles. The van der Waals surface area contributed by atoms with Gasteiger partial charge in [0.05, 0.1) is 19.1 Å². The normalized spacial score (nSPS) is 21.2. The lowest BCUT2D eigenvalue weighted by Crippen LogP contribution is -2.46. The number of hydroxylamine groups is 1. The van der Waals surface area contributed by atoms with Gasteiger partial charge in [0.15, 0.2) is 5.78 Å². The molecule has 1 N–H and O–H groups in total. The van der Waals surface area contributed by atoms with Crippen LogP contribution in [0.2, 0.25) is 0 Å². The zero-order valence-electron chi connectivity index (χ0n) is 16.0.